The van der Waals surface area contributed by atoms with Gasteiger partial charge >= 0.3 is 0 Å². The summed E-state index contributed by atoms with van der Waals surface area (Å²) in [5.74, 6) is 1.83. The highest BCUT2D eigenvalue weighted by Gasteiger charge is 2.38. The number of nitrogens with zero attached hydrogens (tertiary/aromatic N) is 1. The number of nitrogens with one attached hydrogen (secondary N) is 2. The second kappa shape index (κ2) is 5.86. The van der Waals surface area contributed by atoms with Crippen LogP contribution >= 0.6 is 0 Å². The molecule has 3 heteroatoms. The zero-order chi connectivity index (χ0) is 13.8. The van der Waals surface area contributed by atoms with Crippen LogP contribution in [0.3, 0.4) is 0 Å². The Kier molecular flexibility index (Phi) is 3.95. The van der Waals surface area contributed by atoms with E-state index in [0.717, 1.165) is 25.0 Å². The molecule has 0 unspecified atom stereocenters. The van der Waals surface area contributed by atoms with Gasteiger partial charge in [-0.1, -0.05) is 36.8 Å². The van der Waals surface area contributed by atoms with Crippen LogP contribution in [0.4, 0.5) is 0 Å². The number of rotatable bonds is 5. The van der Waals surface area contributed by atoms with E-state index in [2.05, 4.69) is 46.0 Å². The van der Waals surface area contributed by atoms with Gasteiger partial charge in [-0.25, -0.2) is 0 Å². The SMILES string of the molecule is CN=C(NCC1CC1)NCC1(c2ccccc2)CCC1. The highest BCUT2D eigenvalue weighted by molar-refractivity contribution is 5.79. The maximum absolute atomic E-state index is 4.34. The van der Waals surface area contributed by atoms with E-state index in [-0.39, 0.29) is 0 Å². The van der Waals surface area contributed by atoms with Crippen LogP contribution in [-0.4, -0.2) is 26.1 Å². The van der Waals surface area contributed by atoms with Crippen molar-refractivity contribution in [2.75, 3.05) is 20.1 Å². The third-order valence-corrected chi connectivity index (χ3v) is 4.77. The quantitative estimate of drug-likeness (QED) is 0.638. The molecule has 1 aromatic carbocycles. The maximum atomic E-state index is 4.34. The number of hydrogen-bond donors (Lipinski definition) is 2. The first-order chi connectivity index (χ1) is 9.82. The lowest BCUT2D eigenvalue weighted by atomic mass is 9.64. The van der Waals surface area contributed by atoms with Gasteiger partial charge in [-0.2, -0.15) is 0 Å². The molecule has 0 spiro atoms. The molecule has 20 heavy (non-hydrogen) atoms. The summed E-state index contributed by atoms with van der Waals surface area (Å²) in [7, 11) is 1.86. The second-order valence-electron chi connectivity index (χ2n) is 6.25. The summed E-state index contributed by atoms with van der Waals surface area (Å²) in [6.45, 7) is 2.05. The van der Waals surface area contributed by atoms with Crippen molar-refractivity contribution in [3.8, 4) is 0 Å². The van der Waals surface area contributed by atoms with Crippen molar-refractivity contribution in [3.63, 3.8) is 0 Å². The van der Waals surface area contributed by atoms with Crippen LogP contribution in [0.1, 0.15) is 37.7 Å². The molecule has 2 saturated carbocycles. The lowest BCUT2D eigenvalue weighted by Crippen LogP contribution is -2.49. The van der Waals surface area contributed by atoms with Crippen molar-refractivity contribution in [3.05, 3.63) is 35.9 Å². The smallest absolute Gasteiger partial charge is 0.191 e. The summed E-state index contributed by atoms with van der Waals surface area (Å²) in [5.41, 5.74) is 1.79. The van der Waals surface area contributed by atoms with Gasteiger partial charge in [-0.3, -0.25) is 4.99 Å². The topological polar surface area (TPSA) is 36.4 Å². The van der Waals surface area contributed by atoms with E-state index in [4.69, 9.17) is 0 Å². The highest BCUT2D eigenvalue weighted by Crippen LogP contribution is 2.43. The molecule has 0 heterocycles. The normalized spacial score (nSPS) is 21.1. The minimum absolute atomic E-state index is 0.318. The Bertz CT molecular complexity index is 458. The molecule has 0 radical (unpaired) electrons. The Morgan fingerprint density at radius 1 is 1.20 bits per heavy atom. The van der Waals surface area contributed by atoms with Gasteiger partial charge in [0.2, 0.25) is 0 Å². The molecule has 108 valence electrons. The van der Waals surface area contributed by atoms with Crippen molar-refractivity contribution in [1.29, 1.82) is 0 Å². The maximum Gasteiger partial charge on any atom is 0.191 e. The fraction of sp³-hybridized carbons (Fsp3) is 0.588. The van der Waals surface area contributed by atoms with Crippen LogP contribution < -0.4 is 10.6 Å². The molecule has 0 atom stereocenters. The Balaban J connectivity index is 1.57. The average molecular weight is 271 g/mol. The van der Waals surface area contributed by atoms with Crippen LogP contribution in [-0.2, 0) is 5.41 Å². The molecule has 2 aliphatic carbocycles. The van der Waals surface area contributed by atoms with Crippen molar-refractivity contribution >= 4 is 5.96 Å². The van der Waals surface area contributed by atoms with E-state index in [9.17, 15) is 0 Å². The van der Waals surface area contributed by atoms with E-state index in [1.54, 1.807) is 0 Å². The van der Waals surface area contributed by atoms with Crippen molar-refractivity contribution in [1.82, 2.24) is 10.6 Å². The number of guanidine groups is 1. The van der Waals surface area contributed by atoms with Crippen molar-refractivity contribution in [2.45, 2.75) is 37.5 Å². The van der Waals surface area contributed by atoms with Crippen LogP contribution in [0.25, 0.3) is 0 Å². The van der Waals surface area contributed by atoms with E-state index in [0.29, 0.717) is 5.41 Å². The van der Waals surface area contributed by atoms with Gasteiger partial charge in [-0.05, 0) is 37.2 Å². The van der Waals surface area contributed by atoms with Gasteiger partial charge in [0.15, 0.2) is 5.96 Å². The molecule has 0 saturated heterocycles. The fourth-order valence-electron chi connectivity index (χ4n) is 3.00. The Morgan fingerprint density at radius 2 is 1.95 bits per heavy atom. The zero-order valence-electron chi connectivity index (χ0n) is 12.4. The van der Waals surface area contributed by atoms with Crippen LogP contribution in [0.5, 0.6) is 0 Å². The minimum atomic E-state index is 0.318. The summed E-state index contributed by atoms with van der Waals surface area (Å²) < 4.78 is 0. The lowest BCUT2D eigenvalue weighted by Gasteiger charge is -2.43. The molecule has 2 fully saturated rings. The Labute approximate surface area is 121 Å². The van der Waals surface area contributed by atoms with Crippen molar-refractivity contribution in [2.24, 2.45) is 10.9 Å². The number of hydrogen-bond acceptors (Lipinski definition) is 1. The summed E-state index contributed by atoms with van der Waals surface area (Å²) in [6, 6.07) is 10.9. The van der Waals surface area contributed by atoms with E-state index in [1.807, 2.05) is 7.05 Å². The van der Waals surface area contributed by atoms with Gasteiger partial charge in [0, 0.05) is 25.6 Å². The third kappa shape index (κ3) is 2.97. The molecular weight excluding hydrogens is 246 g/mol. The minimum Gasteiger partial charge on any atom is -0.356 e. The standard InChI is InChI=1S/C17H25N3/c1-18-16(19-12-14-8-9-14)20-13-17(10-5-11-17)15-6-3-2-4-7-15/h2-4,6-7,14H,5,8-13H2,1H3,(H2,18,19,20). The Hall–Kier alpha value is -1.51. The molecule has 3 rings (SSSR count). The summed E-state index contributed by atoms with van der Waals surface area (Å²) in [4.78, 5) is 4.34. The fourth-order valence-corrected chi connectivity index (χ4v) is 3.00. The van der Waals surface area contributed by atoms with Gasteiger partial charge in [0.1, 0.15) is 0 Å². The van der Waals surface area contributed by atoms with E-state index in [1.165, 1.54) is 37.7 Å². The first-order valence-corrected chi connectivity index (χ1v) is 7.82. The molecule has 2 aliphatic rings. The molecule has 0 aromatic heterocycles. The second-order valence-corrected chi connectivity index (χ2v) is 6.25. The summed E-state index contributed by atoms with van der Waals surface area (Å²) in [6.07, 6.45) is 6.65. The van der Waals surface area contributed by atoms with Crippen LogP contribution in [0, 0.1) is 5.92 Å². The predicted octanol–water partition coefficient (Wildman–Crippen LogP) is 2.68. The lowest BCUT2D eigenvalue weighted by molar-refractivity contribution is 0.244. The third-order valence-electron chi connectivity index (χ3n) is 4.77. The van der Waals surface area contributed by atoms with Crippen LogP contribution in [0.2, 0.25) is 0 Å². The molecule has 3 nitrogen and oxygen atoms in total. The van der Waals surface area contributed by atoms with Gasteiger partial charge in [0.25, 0.3) is 0 Å². The Morgan fingerprint density at radius 3 is 2.50 bits per heavy atom. The van der Waals surface area contributed by atoms with Gasteiger partial charge < -0.3 is 10.6 Å². The molecular formula is C17H25N3. The molecule has 1 aromatic rings. The molecule has 0 amide bonds. The predicted molar refractivity (Wildman–Crippen MR) is 84.1 cm³/mol. The number of benzene rings is 1. The average Bonchev–Trinajstić information content (AvgIpc) is 3.26. The van der Waals surface area contributed by atoms with E-state index < -0.39 is 0 Å². The molecule has 0 bridgehead atoms. The largest absolute Gasteiger partial charge is 0.356 e. The number of aliphatic imine (C=N–C) groups is 1. The summed E-state index contributed by atoms with van der Waals surface area (Å²) >= 11 is 0. The van der Waals surface area contributed by atoms with E-state index >= 15 is 0 Å². The first-order valence-electron chi connectivity index (χ1n) is 7.82. The molecule has 0 aliphatic heterocycles. The van der Waals surface area contributed by atoms with Gasteiger partial charge in [0.05, 0.1) is 0 Å². The van der Waals surface area contributed by atoms with Crippen molar-refractivity contribution < 1.29 is 0 Å². The zero-order valence-corrected chi connectivity index (χ0v) is 12.4. The first kappa shape index (κ1) is 13.5. The summed E-state index contributed by atoms with van der Waals surface area (Å²) in [5, 5.41) is 6.98. The molecule has 2 N–H and O–H groups in total. The monoisotopic (exact) mass is 271 g/mol. The van der Waals surface area contributed by atoms with Gasteiger partial charge in [-0.15, -0.1) is 0 Å². The van der Waals surface area contributed by atoms with Crippen LogP contribution in [0.15, 0.2) is 35.3 Å². The highest BCUT2D eigenvalue weighted by atomic mass is 15.2.